The van der Waals surface area contributed by atoms with Crippen molar-refractivity contribution in [3.05, 3.63) is 102 Å². The Labute approximate surface area is 323 Å². The highest BCUT2D eigenvalue weighted by molar-refractivity contribution is 5.96. The number of aromatic hydroxyl groups is 1. The Hall–Kier alpha value is -6.33. The van der Waals surface area contributed by atoms with E-state index in [1.54, 1.807) is 60.7 Å². The quantitative estimate of drug-likeness (QED) is 0.0545. The molecular formula is C39H49N7O10. The van der Waals surface area contributed by atoms with Crippen LogP contribution >= 0.6 is 0 Å². The molecule has 56 heavy (non-hydrogen) atoms. The fraction of sp³-hybridized carbons (Fsp3) is 0.359. The zero-order valence-electron chi connectivity index (χ0n) is 30.7. The molecule has 3 aromatic carbocycles. The van der Waals surface area contributed by atoms with E-state index in [0.717, 1.165) is 5.56 Å². The van der Waals surface area contributed by atoms with E-state index in [9.17, 15) is 43.8 Å². The maximum atomic E-state index is 14.2. The molecule has 0 aromatic heterocycles. The van der Waals surface area contributed by atoms with Gasteiger partial charge in [0.05, 0.1) is 13.0 Å². The maximum absolute atomic E-state index is 14.2. The van der Waals surface area contributed by atoms with Crippen molar-refractivity contribution in [3.63, 3.8) is 0 Å². The SMILES string of the molecule is NCCCC[C@H](NC(=O)[C@H](Cc1ccc(O)cc1)NC(=O)[C@H](Cc1ccccc1)NC(=O)[C@H](Cc1ccccc1)NC(=O)CN)C(=O)N[C@@H](CC(=O)O)C(=O)O. The molecule has 3 rings (SSSR count). The lowest BCUT2D eigenvalue weighted by molar-refractivity contribution is -0.147. The summed E-state index contributed by atoms with van der Waals surface area (Å²) in [5, 5.41) is 41.2. The summed E-state index contributed by atoms with van der Waals surface area (Å²) in [7, 11) is 0. The van der Waals surface area contributed by atoms with E-state index >= 15 is 0 Å². The van der Waals surface area contributed by atoms with E-state index in [1.165, 1.54) is 24.3 Å². The third-order valence-electron chi connectivity index (χ3n) is 8.62. The summed E-state index contributed by atoms with van der Waals surface area (Å²) in [4.78, 5) is 90.7. The molecule has 5 amide bonds. The summed E-state index contributed by atoms with van der Waals surface area (Å²) >= 11 is 0. The first kappa shape index (κ1) is 44.1. The van der Waals surface area contributed by atoms with Crippen LogP contribution in [0.15, 0.2) is 84.9 Å². The van der Waals surface area contributed by atoms with Gasteiger partial charge in [-0.05, 0) is 54.6 Å². The van der Waals surface area contributed by atoms with Crippen LogP contribution in [-0.2, 0) is 52.8 Å². The van der Waals surface area contributed by atoms with Crippen LogP contribution in [0.3, 0.4) is 0 Å². The minimum absolute atomic E-state index is 0.00191. The van der Waals surface area contributed by atoms with Crippen molar-refractivity contribution >= 4 is 41.5 Å². The van der Waals surface area contributed by atoms with E-state index < -0.39 is 78.1 Å². The summed E-state index contributed by atoms with van der Waals surface area (Å²) in [6.07, 6.45) is -0.245. The molecule has 0 aliphatic heterocycles. The van der Waals surface area contributed by atoms with Gasteiger partial charge in [-0.2, -0.15) is 0 Å². The summed E-state index contributed by atoms with van der Waals surface area (Å²) < 4.78 is 0. The van der Waals surface area contributed by atoms with E-state index in [0.29, 0.717) is 24.0 Å². The van der Waals surface area contributed by atoms with Gasteiger partial charge in [-0.25, -0.2) is 4.79 Å². The van der Waals surface area contributed by atoms with Crippen molar-refractivity contribution in [2.24, 2.45) is 11.5 Å². The summed E-state index contributed by atoms with van der Waals surface area (Å²) in [6, 6.07) is 16.5. The Bertz CT molecular complexity index is 1780. The molecule has 0 radical (unpaired) electrons. The first-order valence-corrected chi connectivity index (χ1v) is 18.0. The smallest absolute Gasteiger partial charge is 0.326 e. The highest BCUT2D eigenvalue weighted by Crippen LogP contribution is 2.14. The minimum Gasteiger partial charge on any atom is -0.508 e. The molecule has 5 atom stereocenters. The fourth-order valence-corrected chi connectivity index (χ4v) is 5.67. The van der Waals surface area contributed by atoms with E-state index in [2.05, 4.69) is 26.6 Å². The number of carboxylic acid groups (broad SMARTS) is 2. The van der Waals surface area contributed by atoms with Gasteiger partial charge in [-0.1, -0.05) is 72.8 Å². The van der Waals surface area contributed by atoms with Gasteiger partial charge in [0.1, 0.15) is 36.0 Å². The van der Waals surface area contributed by atoms with Gasteiger partial charge in [0.25, 0.3) is 0 Å². The Morgan fingerprint density at radius 2 is 0.929 bits per heavy atom. The normalized spacial score (nSPS) is 13.5. The predicted octanol–water partition coefficient (Wildman–Crippen LogP) is -0.509. The number of nitrogens with two attached hydrogens (primary N) is 2. The molecule has 0 unspecified atom stereocenters. The van der Waals surface area contributed by atoms with Crippen molar-refractivity contribution < 1.29 is 48.9 Å². The number of hydrogen-bond acceptors (Lipinski definition) is 10. The lowest BCUT2D eigenvalue weighted by Gasteiger charge is -2.27. The molecule has 0 aliphatic carbocycles. The second-order valence-corrected chi connectivity index (χ2v) is 13.0. The Morgan fingerprint density at radius 3 is 1.36 bits per heavy atom. The number of carbonyl (C=O) groups is 7. The number of hydrogen-bond donors (Lipinski definition) is 10. The number of nitrogens with one attached hydrogen (secondary N) is 5. The van der Waals surface area contributed by atoms with Crippen molar-refractivity contribution in [2.75, 3.05) is 13.1 Å². The molecule has 12 N–H and O–H groups in total. The number of phenols is 1. The van der Waals surface area contributed by atoms with E-state index in [4.69, 9.17) is 16.6 Å². The zero-order chi connectivity index (χ0) is 41.0. The second-order valence-electron chi connectivity index (χ2n) is 13.0. The molecule has 17 heteroatoms. The van der Waals surface area contributed by atoms with Crippen LogP contribution in [0.5, 0.6) is 5.75 Å². The number of unbranched alkanes of at least 4 members (excludes halogenated alkanes) is 1. The van der Waals surface area contributed by atoms with Gasteiger partial charge in [-0.15, -0.1) is 0 Å². The van der Waals surface area contributed by atoms with Crippen LogP contribution in [0.25, 0.3) is 0 Å². The van der Waals surface area contributed by atoms with Gasteiger partial charge < -0.3 is 53.4 Å². The molecule has 0 aliphatic rings. The topological polar surface area (TPSA) is 292 Å². The minimum atomic E-state index is -1.79. The Balaban J connectivity index is 1.95. The number of carbonyl (C=O) groups excluding carboxylic acids is 5. The molecular weight excluding hydrogens is 726 g/mol. The third kappa shape index (κ3) is 15.2. The predicted molar refractivity (Wildman–Crippen MR) is 204 cm³/mol. The molecule has 3 aromatic rings. The summed E-state index contributed by atoms with van der Waals surface area (Å²) in [5.41, 5.74) is 13.0. The second kappa shape index (κ2) is 22.8. The highest BCUT2D eigenvalue weighted by Gasteiger charge is 2.33. The van der Waals surface area contributed by atoms with Crippen LogP contribution in [0, 0.1) is 0 Å². The van der Waals surface area contributed by atoms with Gasteiger partial charge in [0.2, 0.25) is 29.5 Å². The number of phenolic OH excluding ortho intramolecular Hbond substituents is 1. The molecule has 300 valence electrons. The van der Waals surface area contributed by atoms with Gasteiger partial charge >= 0.3 is 11.9 Å². The number of benzene rings is 3. The fourth-order valence-electron chi connectivity index (χ4n) is 5.67. The lowest BCUT2D eigenvalue weighted by Crippen LogP contribution is -2.60. The first-order chi connectivity index (χ1) is 26.8. The van der Waals surface area contributed by atoms with E-state index in [-0.39, 0.29) is 44.5 Å². The summed E-state index contributed by atoms with van der Waals surface area (Å²) in [5.74, 6) is -7.02. The number of carboxylic acids is 2. The Kier molecular flexibility index (Phi) is 17.9. The van der Waals surface area contributed by atoms with Crippen LogP contribution in [-0.4, -0.2) is 100 Å². The standard InChI is InChI=1S/C39H49N7O10/c40-18-8-7-13-28(35(51)46-32(39(55)56)22-34(49)50)43-37(53)31(21-26-14-16-27(47)17-15-26)45-38(54)30(20-25-11-5-2-6-12-25)44-36(52)29(42-33(48)23-41)19-24-9-3-1-4-10-24/h1-6,9-12,14-17,28-32,47H,7-8,13,18-23,40-41H2,(H,42,48)(H,43,53)(H,44,52)(H,45,54)(H,46,51)(H,49,50)(H,55,56)/t28-,29-,30-,31-,32-/m0/s1. The number of aliphatic carboxylic acids is 2. The monoisotopic (exact) mass is 775 g/mol. The van der Waals surface area contributed by atoms with Crippen molar-refractivity contribution in [2.45, 2.75) is 75.2 Å². The van der Waals surface area contributed by atoms with Crippen LogP contribution in [0.2, 0.25) is 0 Å². The summed E-state index contributed by atoms with van der Waals surface area (Å²) in [6.45, 7) is -0.127. The van der Waals surface area contributed by atoms with Gasteiger partial charge in [-0.3, -0.25) is 28.8 Å². The molecule has 17 nitrogen and oxygen atoms in total. The van der Waals surface area contributed by atoms with Crippen molar-refractivity contribution in [1.82, 2.24) is 26.6 Å². The highest BCUT2D eigenvalue weighted by atomic mass is 16.4. The van der Waals surface area contributed by atoms with Crippen LogP contribution in [0.1, 0.15) is 42.4 Å². The van der Waals surface area contributed by atoms with Crippen LogP contribution in [0.4, 0.5) is 0 Å². The molecule has 0 saturated carbocycles. The van der Waals surface area contributed by atoms with Gasteiger partial charge in [0, 0.05) is 19.3 Å². The van der Waals surface area contributed by atoms with Crippen molar-refractivity contribution in [3.8, 4) is 5.75 Å². The zero-order valence-corrected chi connectivity index (χ0v) is 30.7. The average Bonchev–Trinajstić information content (AvgIpc) is 3.17. The maximum Gasteiger partial charge on any atom is 0.326 e. The number of amides is 5. The first-order valence-electron chi connectivity index (χ1n) is 18.0. The molecule has 0 heterocycles. The largest absolute Gasteiger partial charge is 0.508 e. The number of rotatable bonds is 23. The van der Waals surface area contributed by atoms with Crippen molar-refractivity contribution in [1.29, 1.82) is 0 Å². The molecule has 0 bridgehead atoms. The lowest BCUT2D eigenvalue weighted by atomic mass is 10.0. The third-order valence-corrected chi connectivity index (χ3v) is 8.62. The van der Waals surface area contributed by atoms with Gasteiger partial charge in [0.15, 0.2) is 0 Å². The van der Waals surface area contributed by atoms with E-state index in [1.807, 2.05) is 0 Å². The molecule has 0 fully saturated rings. The molecule has 0 spiro atoms. The average molecular weight is 776 g/mol. The Morgan fingerprint density at radius 1 is 0.518 bits per heavy atom. The molecule has 0 saturated heterocycles. The van der Waals surface area contributed by atoms with Crippen LogP contribution < -0.4 is 38.1 Å².